The maximum Gasteiger partial charge on any atom is 0.387 e. The number of pyridine rings is 1. The second kappa shape index (κ2) is 8.83. The lowest BCUT2D eigenvalue weighted by Crippen LogP contribution is -2.37. The number of sulfonamides is 1. The van der Waals surface area contributed by atoms with Crippen molar-refractivity contribution < 1.29 is 31.8 Å². The molecule has 2 aromatic rings. The molecular weight excluding hydrogens is 444 g/mol. The SMILES string of the molecule is O=C(C(CO)c1ccccn1)N1CC2=CN(S(=O)(=O)c3ccc(OC(F)F)cc3)CC2C1. The van der Waals surface area contributed by atoms with Gasteiger partial charge in [0.25, 0.3) is 10.0 Å². The highest BCUT2D eigenvalue weighted by molar-refractivity contribution is 7.89. The summed E-state index contributed by atoms with van der Waals surface area (Å²) in [5, 5.41) is 9.72. The zero-order valence-corrected chi connectivity index (χ0v) is 17.7. The van der Waals surface area contributed by atoms with E-state index in [-0.39, 0.29) is 42.2 Å². The molecule has 1 N–H and O–H groups in total. The predicted octanol–water partition coefficient (Wildman–Crippen LogP) is 1.81. The molecule has 8 nitrogen and oxygen atoms in total. The Morgan fingerprint density at radius 2 is 1.94 bits per heavy atom. The number of carbonyl (C=O) groups is 1. The topological polar surface area (TPSA) is 100 Å². The van der Waals surface area contributed by atoms with Gasteiger partial charge in [-0.2, -0.15) is 8.78 Å². The third kappa shape index (κ3) is 4.30. The number of rotatable bonds is 7. The number of aromatic nitrogens is 1. The van der Waals surface area contributed by atoms with Gasteiger partial charge in [0.15, 0.2) is 0 Å². The van der Waals surface area contributed by atoms with Gasteiger partial charge >= 0.3 is 6.61 Å². The number of aliphatic hydroxyl groups excluding tert-OH is 1. The molecule has 2 unspecified atom stereocenters. The first-order valence-electron chi connectivity index (χ1n) is 9.87. The Labute approximate surface area is 183 Å². The Morgan fingerprint density at radius 3 is 2.53 bits per heavy atom. The van der Waals surface area contributed by atoms with Gasteiger partial charge in [-0.15, -0.1) is 0 Å². The van der Waals surface area contributed by atoms with E-state index in [0.717, 1.165) is 5.57 Å². The fourth-order valence-electron chi connectivity index (χ4n) is 3.94. The van der Waals surface area contributed by atoms with E-state index in [1.807, 2.05) is 0 Å². The first kappa shape index (κ1) is 22.2. The van der Waals surface area contributed by atoms with E-state index >= 15 is 0 Å². The molecule has 1 fully saturated rings. The first-order valence-corrected chi connectivity index (χ1v) is 11.3. The van der Waals surface area contributed by atoms with Gasteiger partial charge < -0.3 is 14.7 Å². The van der Waals surface area contributed by atoms with E-state index in [0.29, 0.717) is 12.2 Å². The largest absolute Gasteiger partial charge is 0.435 e. The molecule has 0 aliphatic carbocycles. The molecule has 3 heterocycles. The molecule has 1 amide bonds. The van der Waals surface area contributed by atoms with Gasteiger partial charge in [0.05, 0.1) is 17.2 Å². The average molecular weight is 465 g/mol. The number of ether oxygens (including phenoxy) is 1. The standard InChI is InChI=1S/C21H21F2N3O5S/c22-21(23)31-16-4-6-17(7-5-16)32(29,30)26-11-14-9-25(10-15(14)12-26)20(28)18(13-27)19-3-1-2-8-24-19/h1-8,11,15,18,21,27H,9-10,12-13H2. The summed E-state index contributed by atoms with van der Waals surface area (Å²) in [7, 11) is -3.87. The smallest absolute Gasteiger partial charge is 0.387 e. The number of nitrogens with zero attached hydrogens (tertiary/aromatic N) is 3. The summed E-state index contributed by atoms with van der Waals surface area (Å²) in [6, 6.07) is 9.94. The minimum atomic E-state index is -3.87. The van der Waals surface area contributed by atoms with Crippen LogP contribution in [0.5, 0.6) is 5.75 Å². The molecular formula is C21H21F2N3O5S. The lowest BCUT2D eigenvalue weighted by molar-refractivity contribution is -0.132. The van der Waals surface area contributed by atoms with Gasteiger partial charge in [0.1, 0.15) is 11.7 Å². The number of likely N-dealkylation sites (tertiary alicyclic amines) is 1. The molecule has 170 valence electrons. The van der Waals surface area contributed by atoms with Crippen LogP contribution in [0.4, 0.5) is 8.78 Å². The van der Waals surface area contributed by atoms with Crippen molar-refractivity contribution in [3.63, 3.8) is 0 Å². The highest BCUT2D eigenvalue weighted by atomic mass is 32.2. The van der Waals surface area contributed by atoms with Crippen LogP contribution in [-0.2, 0) is 14.8 Å². The molecule has 11 heteroatoms. The maximum atomic E-state index is 12.9. The van der Waals surface area contributed by atoms with Crippen LogP contribution >= 0.6 is 0 Å². The summed E-state index contributed by atoms with van der Waals surface area (Å²) < 4.78 is 55.9. The summed E-state index contributed by atoms with van der Waals surface area (Å²) in [4.78, 5) is 18.6. The van der Waals surface area contributed by atoms with Crippen molar-refractivity contribution in [2.45, 2.75) is 17.4 Å². The lowest BCUT2D eigenvalue weighted by Gasteiger charge is -2.24. The molecule has 2 aliphatic rings. The fraction of sp³-hybridized carbons (Fsp3) is 0.333. The van der Waals surface area contributed by atoms with Crippen molar-refractivity contribution in [1.82, 2.24) is 14.2 Å². The van der Waals surface area contributed by atoms with Crippen LogP contribution in [-0.4, -0.2) is 66.5 Å². The summed E-state index contributed by atoms with van der Waals surface area (Å²) >= 11 is 0. The third-order valence-electron chi connectivity index (χ3n) is 5.54. The molecule has 2 aliphatic heterocycles. The Hall–Kier alpha value is -3.05. The molecule has 4 rings (SSSR count). The number of carbonyl (C=O) groups excluding carboxylic acids is 1. The van der Waals surface area contributed by atoms with E-state index in [2.05, 4.69) is 9.72 Å². The highest BCUT2D eigenvalue weighted by Gasteiger charge is 2.41. The van der Waals surface area contributed by atoms with Crippen LogP contribution in [0.3, 0.4) is 0 Å². The van der Waals surface area contributed by atoms with Crippen molar-refractivity contribution in [1.29, 1.82) is 0 Å². The molecule has 1 aromatic carbocycles. The molecule has 0 radical (unpaired) electrons. The highest BCUT2D eigenvalue weighted by Crippen LogP contribution is 2.34. The van der Waals surface area contributed by atoms with Gasteiger partial charge in [-0.3, -0.25) is 14.1 Å². The third-order valence-corrected chi connectivity index (χ3v) is 7.28. The van der Waals surface area contributed by atoms with Gasteiger partial charge in [0, 0.05) is 37.9 Å². The average Bonchev–Trinajstić information content (AvgIpc) is 3.35. The van der Waals surface area contributed by atoms with E-state index in [4.69, 9.17) is 0 Å². The fourth-order valence-corrected chi connectivity index (χ4v) is 5.34. The molecule has 0 spiro atoms. The maximum absolute atomic E-state index is 12.9. The van der Waals surface area contributed by atoms with E-state index in [1.165, 1.54) is 34.8 Å². The van der Waals surface area contributed by atoms with Gasteiger partial charge in [-0.25, -0.2) is 8.42 Å². The van der Waals surface area contributed by atoms with Crippen molar-refractivity contribution in [3.05, 3.63) is 66.1 Å². The van der Waals surface area contributed by atoms with Crippen LogP contribution in [0.15, 0.2) is 65.3 Å². The number of halogens is 2. The summed E-state index contributed by atoms with van der Waals surface area (Å²) in [5.74, 6) is -1.32. The quantitative estimate of drug-likeness (QED) is 0.670. The van der Waals surface area contributed by atoms with Gasteiger partial charge in [0.2, 0.25) is 5.91 Å². The molecule has 1 aromatic heterocycles. The van der Waals surface area contributed by atoms with Crippen molar-refractivity contribution >= 4 is 15.9 Å². The van der Waals surface area contributed by atoms with Crippen molar-refractivity contribution in [2.24, 2.45) is 5.92 Å². The number of benzene rings is 1. The van der Waals surface area contributed by atoms with Crippen LogP contribution in [0.1, 0.15) is 11.6 Å². The van der Waals surface area contributed by atoms with E-state index in [1.54, 1.807) is 29.3 Å². The zero-order valence-electron chi connectivity index (χ0n) is 16.8. The van der Waals surface area contributed by atoms with E-state index < -0.39 is 22.6 Å². The molecule has 2 atom stereocenters. The van der Waals surface area contributed by atoms with Crippen LogP contribution < -0.4 is 4.74 Å². The monoisotopic (exact) mass is 465 g/mol. The van der Waals surface area contributed by atoms with Gasteiger partial charge in [-0.05, 0) is 42.0 Å². The van der Waals surface area contributed by atoms with E-state index in [9.17, 15) is 27.1 Å². The van der Waals surface area contributed by atoms with Crippen LogP contribution in [0, 0.1) is 5.92 Å². The number of amides is 1. The van der Waals surface area contributed by atoms with Crippen molar-refractivity contribution in [2.75, 3.05) is 26.2 Å². The number of hydrogen-bond acceptors (Lipinski definition) is 6. The van der Waals surface area contributed by atoms with Gasteiger partial charge in [-0.1, -0.05) is 6.07 Å². The number of alkyl halides is 2. The lowest BCUT2D eigenvalue weighted by atomic mass is 10.0. The molecule has 32 heavy (non-hydrogen) atoms. The number of aliphatic hydroxyl groups is 1. The Balaban J connectivity index is 1.46. The second-order valence-electron chi connectivity index (χ2n) is 7.53. The number of fused-ring (bicyclic) bond motifs is 1. The minimum Gasteiger partial charge on any atom is -0.435 e. The molecule has 0 saturated carbocycles. The predicted molar refractivity (Wildman–Crippen MR) is 109 cm³/mol. The zero-order chi connectivity index (χ0) is 22.9. The Kier molecular flexibility index (Phi) is 6.11. The molecule has 1 saturated heterocycles. The van der Waals surface area contributed by atoms with Crippen molar-refractivity contribution in [3.8, 4) is 5.75 Å². The normalized spacial score (nSPS) is 19.1. The second-order valence-corrected chi connectivity index (χ2v) is 9.42. The minimum absolute atomic E-state index is 0.0423. The summed E-state index contributed by atoms with van der Waals surface area (Å²) in [5.41, 5.74) is 1.28. The van der Waals surface area contributed by atoms with Crippen LogP contribution in [0.2, 0.25) is 0 Å². The summed E-state index contributed by atoms with van der Waals surface area (Å²) in [6.45, 7) is -2.60. The first-order chi connectivity index (χ1) is 15.3. The molecule has 0 bridgehead atoms. The Bertz CT molecular complexity index is 1110. The Morgan fingerprint density at radius 1 is 1.19 bits per heavy atom. The summed E-state index contributed by atoms with van der Waals surface area (Å²) in [6.07, 6.45) is 3.08. The number of hydrogen-bond donors (Lipinski definition) is 1. The van der Waals surface area contributed by atoms with Crippen LogP contribution in [0.25, 0.3) is 0 Å².